The highest BCUT2D eigenvalue weighted by atomic mass is 33.1. The number of rotatable bonds is 15. The summed E-state index contributed by atoms with van der Waals surface area (Å²) in [5.41, 5.74) is 13.3. The minimum atomic E-state index is -1.16. The van der Waals surface area contributed by atoms with E-state index in [4.69, 9.17) is 11.5 Å². The van der Waals surface area contributed by atoms with Crippen molar-refractivity contribution < 1.29 is 29.4 Å². The predicted octanol–water partition coefficient (Wildman–Crippen LogP) is 0.647. The average molecular weight is 535 g/mol. The SMILES string of the molecule is N[C@H](CSSC[C@H](N)C(=O)N[C@@H](Cc1ccccc1)C(=O)O)C(=O)N[C@H](Cc1ccccc1)C(=O)O. The summed E-state index contributed by atoms with van der Waals surface area (Å²) < 4.78 is 0. The summed E-state index contributed by atoms with van der Waals surface area (Å²) in [5.74, 6) is -3.20. The first-order chi connectivity index (χ1) is 17.2. The smallest absolute Gasteiger partial charge is 0.326 e. The molecule has 0 unspecified atom stereocenters. The fraction of sp³-hybridized carbons (Fsp3) is 0.333. The van der Waals surface area contributed by atoms with Gasteiger partial charge in [-0.25, -0.2) is 9.59 Å². The molecule has 2 rings (SSSR count). The van der Waals surface area contributed by atoms with Gasteiger partial charge in [-0.05, 0) is 11.1 Å². The van der Waals surface area contributed by atoms with Crippen LogP contribution in [0.5, 0.6) is 0 Å². The van der Waals surface area contributed by atoms with Gasteiger partial charge in [-0.3, -0.25) is 9.59 Å². The molecular formula is C24H30N4O6S2. The van der Waals surface area contributed by atoms with Gasteiger partial charge in [0.1, 0.15) is 12.1 Å². The highest BCUT2D eigenvalue weighted by Gasteiger charge is 2.25. The molecule has 0 aliphatic heterocycles. The number of carbonyl (C=O) groups excluding carboxylic acids is 2. The molecule has 0 aliphatic rings. The van der Waals surface area contributed by atoms with Gasteiger partial charge in [-0.15, -0.1) is 0 Å². The van der Waals surface area contributed by atoms with E-state index in [1.807, 2.05) is 12.1 Å². The molecule has 4 atom stereocenters. The minimum Gasteiger partial charge on any atom is -0.480 e. The number of hydrogen-bond donors (Lipinski definition) is 6. The number of hydrogen-bond acceptors (Lipinski definition) is 8. The summed E-state index contributed by atoms with van der Waals surface area (Å²) in [6.45, 7) is 0. The zero-order chi connectivity index (χ0) is 26.5. The average Bonchev–Trinajstić information content (AvgIpc) is 2.86. The summed E-state index contributed by atoms with van der Waals surface area (Å²) in [6, 6.07) is 13.7. The van der Waals surface area contributed by atoms with Crippen LogP contribution in [0.2, 0.25) is 0 Å². The number of aliphatic carboxylic acids is 2. The summed E-state index contributed by atoms with van der Waals surface area (Å²) in [4.78, 5) is 47.8. The van der Waals surface area contributed by atoms with Crippen molar-refractivity contribution in [3.63, 3.8) is 0 Å². The van der Waals surface area contributed by atoms with Crippen LogP contribution in [-0.4, -0.2) is 69.6 Å². The largest absolute Gasteiger partial charge is 0.480 e. The van der Waals surface area contributed by atoms with Gasteiger partial charge in [0.2, 0.25) is 11.8 Å². The van der Waals surface area contributed by atoms with Gasteiger partial charge in [-0.2, -0.15) is 0 Å². The van der Waals surface area contributed by atoms with Gasteiger partial charge >= 0.3 is 11.9 Å². The van der Waals surface area contributed by atoms with Crippen molar-refractivity contribution in [1.29, 1.82) is 0 Å². The molecule has 0 radical (unpaired) electrons. The molecule has 8 N–H and O–H groups in total. The van der Waals surface area contributed by atoms with Crippen LogP contribution in [0.15, 0.2) is 60.7 Å². The lowest BCUT2D eigenvalue weighted by atomic mass is 10.1. The third kappa shape index (κ3) is 10.3. The normalized spacial score (nSPS) is 14.2. The second kappa shape index (κ2) is 15.1. The maximum atomic E-state index is 12.4. The lowest BCUT2D eigenvalue weighted by molar-refractivity contribution is -0.142. The Morgan fingerprint density at radius 1 is 0.667 bits per heavy atom. The second-order valence-corrected chi connectivity index (χ2v) is 10.5. The van der Waals surface area contributed by atoms with Crippen molar-refractivity contribution in [3.8, 4) is 0 Å². The molecule has 2 aromatic rings. The highest BCUT2D eigenvalue weighted by Crippen LogP contribution is 2.22. The first-order valence-electron chi connectivity index (χ1n) is 11.1. The quantitative estimate of drug-likeness (QED) is 0.140. The number of carbonyl (C=O) groups is 4. The van der Waals surface area contributed by atoms with Crippen molar-refractivity contribution >= 4 is 45.3 Å². The third-order valence-corrected chi connectivity index (χ3v) is 7.52. The van der Waals surface area contributed by atoms with Gasteiger partial charge in [0.15, 0.2) is 0 Å². The van der Waals surface area contributed by atoms with E-state index in [-0.39, 0.29) is 24.3 Å². The first-order valence-corrected chi connectivity index (χ1v) is 13.6. The molecule has 2 aromatic carbocycles. The van der Waals surface area contributed by atoms with Crippen LogP contribution in [0.1, 0.15) is 11.1 Å². The molecule has 0 bridgehead atoms. The Hall–Kier alpha value is -3.06. The van der Waals surface area contributed by atoms with E-state index in [0.29, 0.717) is 0 Å². The maximum absolute atomic E-state index is 12.4. The molecule has 0 saturated carbocycles. The van der Waals surface area contributed by atoms with Gasteiger partial charge < -0.3 is 32.3 Å². The van der Waals surface area contributed by atoms with E-state index in [0.717, 1.165) is 11.1 Å². The number of nitrogens with one attached hydrogen (secondary N) is 2. The topological polar surface area (TPSA) is 185 Å². The van der Waals surface area contributed by atoms with Crippen LogP contribution in [0.25, 0.3) is 0 Å². The zero-order valence-electron chi connectivity index (χ0n) is 19.4. The van der Waals surface area contributed by atoms with Crippen molar-refractivity contribution in [2.24, 2.45) is 11.5 Å². The second-order valence-electron chi connectivity index (χ2n) is 7.96. The molecule has 0 aliphatic carbocycles. The highest BCUT2D eigenvalue weighted by molar-refractivity contribution is 8.76. The molecule has 194 valence electrons. The summed E-state index contributed by atoms with van der Waals surface area (Å²) in [6.07, 6.45) is 0.254. The molecule has 2 amide bonds. The number of benzene rings is 2. The number of nitrogens with two attached hydrogens (primary N) is 2. The predicted molar refractivity (Wildman–Crippen MR) is 140 cm³/mol. The fourth-order valence-corrected chi connectivity index (χ4v) is 5.30. The summed E-state index contributed by atoms with van der Waals surface area (Å²) in [5, 5.41) is 23.7. The van der Waals surface area contributed by atoms with Crippen molar-refractivity contribution in [1.82, 2.24) is 10.6 Å². The molecule has 10 nitrogen and oxygen atoms in total. The van der Waals surface area contributed by atoms with Crippen molar-refractivity contribution in [2.45, 2.75) is 37.0 Å². The summed E-state index contributed by atoms with van der Waals surface area (Å²) in [7, 11) is 2.42. The van der Waals surface area contributed by atoms with E-state index < -0.39 is 47.9 Å². The van der Waals surface area contributed by atoms with Crippen LogP contribution in [0, 0.1) is 0 Å². The van der Waals surface area contributed by atoms with Gasteiger partial charge in [0, 0.05) is 24.3 Å². The zero-order valence-corrected chi connectivity index (χ0v) is 21.0. The van der Waals surface area contributed by atoms with Crippen LogP contribution in [-0.2, 0) is 32.0 Å². The number of carboxylic acids is 2. The van der Waals surface area contributed by atoms with Crippen LogP contribution in [0.4, 0.5) is 0 Å². The van der Waals surface area contributed by atoms with Crippen molar-refractivity contribution in [2.75, 3.05) is 11.5 Å². The number of carboxylic acid groups (broad SMARTS) is 2. The first kappa shape index (κ1) is 29.2. The molecule has 0 heterocycles. The van der Waals surface area contributed by atoms with E-state index in [1.165, 1.54) is 21.6 Å². The Kier molecular flexibility index (Phi) is 12.3. The van der Waals surface area contributed by atoms with E-state index in [2.05, 4.69) is 10.6 Å². The molecule has 12 heteroatoms. The monoisotopic (exact) mass is 534 g/mol. The lowest BCUT2D eigenvalue weighted by Gasteiger charge is -2.19. The molecule has 0 fully saturated rings. The maximum Gasteiger partial charge on any atom is 0.326 e. The van der Waals surface area contributed by atoms with E-state index in [9.17, 15) is 29.4 Å². The molecule has 36 heavy (non-hydrogen) atoms. The van der Waals surface area contributed by atoms with Crippen LogP contribution >= 0.6 is 21.6 Å². The fourth-order valence-electron chi connectivity index (χ4n) is 3.05. The lowest BCUT2D eigenvalue weighted by Crippen LogP contribution is -2.50. The Morgan fingerprint density at radius 3 is 1.31 bits per heavy atom. The van der Waals surface area contributed by atoms with E-state index in [1.54, 1.807) is 48.5 Å². The third-order valence-electron chi connectivity index (χ3n) is 5.05. The molecular weight excluding hydrogens is 504 g/mol. The standard InChI is InChI=1S/C24H30N4O6S2/c25-17(21(29)27-19(23(31)32)11-15-7-3-1-4-8-15)13-35-36-14-18(26)22(30)28-20(24(33)34)12-16-9-5-2-6-10-16/h1-10,17-20H,11-14,25-26H2,(H,27,29)(H,28,30)(H,31,32)(H,33,34)/t17-,18+,19-,20+. The van der Waals surface area contributed by atoms with Gasteiger partial charge in [0.25, 0.3) is 0 Å². The van der Waals surface area contributed by atoms with Gasteiger partial charge in [0.05, 0.1) is 12.1 Å². The van der Waals surface area contributed by atoms with E-state index >= 15 is 0 Å². The molecule has 0 spiro atoms. The Bertz CT molecular complexity index is 931. The van der Waals surface area contributed by atoms with Gasteiger partial charge in [-0.1, -0.05) is 82.3 Å². The summed E-state index contributed by atoms with van der Waals surface area (Å²) >= 11 is 0. The molecule has 0 saturated heterocycles. The Labute approximate surface area is 217 Å². The number of amides is 2. The van der Waals surface area contributed by atoms with Crippen LogP contribution in [0.3, 0.4) is 0 Å². The Balaban J connectivity index is 1.74. The minimum absolute atomic E-state index is 0.127. The van der Waals surface area contributed by atoms with Crippen molar-refractivity contribution in [3.05, 3.63) is 71.8 Å². The molecule has 0 aromatic heterocycles. The Morgan fingerprint density at radius 2 is 1.00 bits per heavy atom. The van der Waals surface area contributed by atoms with Crippen LogP contribution < -0.4 is 22.1 Å².